The predicted molar refractivity (Wildman–Crippen MR) is 129 cm³/mol. The average molecular weight is 450 g/mol. The van der Waals surface area contributed by atoms with Crippen LogP contribution in [0.15, 0.2) is 101 Å². The highest BCUT2D eigenvalue weighted by molar-refractivity contribution is 5.98. The number of hydrogen-bond donors (Lipinski definition) is 1. The molecule has 8 nitrogen and oxygen atoms in total. The summed E-state index contributed by atoms with van der Waals surface area (Å²) in [7, 11) is 0. The van der Waals surface area contributed by atoms with E-state index in [1.165, 1.54) is 18.2 Å². The van der Waals surface area contributed by atoms with Crippen LogP contribution >= 0.6 is 0 Å². The van der Waals surface area contributed by atoms with Gasteiger partial charge in [-0.25, -0.2) is 0 Å². The molecule has 0 radical (unpaired) electrons. The summed E-state index contributed by atoms with van der Waals surface area (Å²) in [6.07, 6.45) is 0. The molecule has 34 heavy (non-hydrogen) atoms. The maximum absolute atomic E-state index is 12.5. The molecular formula is C26H18N4O4. The number of azo groups is 1. The normalized spacial score (nSPS) is 11.4. The Labute approximate surface area is 193 Å². The predicted octanol–water partition coefficient (Wildman–Crippen LogP) is 6.38. The number of nitro groups is 1. The molecule has 0 atom stereocenters. The van der Waals surface area contributed by atoms with Crippen molar-refractivity contribution >= 4 is 39.0 Å². The molecule has 166 valence electrons. The quantitative estimate of drug-likeness (QED) is 0.190. The Kier molecular flexibility index (Phi) is 5.31. The number of fused-ring (bicyclic) bond motifs is 2. The molecule has 0 unspecified atom stereocenters. The van der Waals surface area contributed by atoms with Crippen molar-refractivity contribution in [3.8, 4) is 5.88 Å². The van der Waals surface area contributed by atoms with Gasteiger partial charge >= 0.3 is 0 Å². The molecule has 0 saturated heterocycles. The van der Waals surface area contributed by atoms with Gasteiger partial charge in [0.25, 0.3) is 11.6 Å². The van der Waals surface area contributed by atoms with Gasteiger partial charge in [0.05, 0.1) is 22.5 Å². The third kappa shape index (κ3) is 3.77. The van der Waals surface area contributed by atoms with E-state index in [1.54, 1.807) is 10.6 Å². The van der Waals surface area contributed by atoms with Gasteiger partial charge in [0.1, 0.15) is 0 Å². The molecule has 0 spiro atoms. The SMILES string of the molecule is O=C(N=Nc1c(O)n(Cc2cccc3ccccc23)c2ccccc12)c1cccc([N+](=O)[O-])c1. The summed E-state index contributed by atoms with van der Waals surface area (Å²) in [5, 5.41) is 32.6. The number of carbonyl (C=O) groups excluding carboxylic acids is 1. The van der Waals surface area contributed by atoms with Gasteiger partial charge < -0.3 is 9.67 Å². The zero-order chi connectivity index (χ0) is 23.7. The van der Waals surface area contributed by atoms with E-state index in [-0.39, 0.29) is 22.8 Å². The molecule has 0 saturated carbocycles. The Morgan fingerprint density at radius 1 is 0.912 bits per heavy atom. The van der Waals surface area contributed by atoms with Gasteiger partial charge in [-0.2, -0.15) is 0 Å². The molecule has 1 heterocycles. The van der Waals surface area contributed by atoms with Gasteiger partial charge in [0.2, 0.25) is 5.88 Å². The molecule has 0 fully saturated rings. The first-order valence-corrected chi connectivity index (χ1v) is 10.5. The summed E-state index contributed by atoms with van der Waals surface area (Å²) in [6.45, 7) is 0.391. The smallest absolute Gasteiger partial charge is 0.295 e. The average Bonchev–Trinajstić information content (AvgIpc) is 3.13. The molecule has 0 aliphatic heterocycles. The van der Waals surface area contributed by atoms with Gasteiger partial charge in [-0.3, -0.25) is 14.9 Å². The van der Waals surface area contributed by atoms with Crippen molar-refractivity contribution in [2.75, 3.05) is 0 Å². The van der Waals surface area contributed by atoms with E-state index in [0.29, 0.717) is 11.9 Å². The Hall–Kier alpha value is -4.85. The summed E-state index contributed by atoms with van der Waals surface area (Å²) >= 11 is 0. The molecule has 5 rings (SSSR count). The Morgan fingerprint density at radius 2 is 1.62 bits per heavy atom. The lowest BCUT2D eigenvalue weighted by molar-refractivity contribution is -0.384. The van der Waals surface area contributed by atoms with Crippen molar-refractivity contribution < 1.29 is 14.8 Å². The van der Waals surface area contributed by atoms with Crippen LogP contribution in [-0.2, 0) is 6.54 Å². The number of amides is 1. The summed E-state index contributed by atoms with van der Waals surface area (Å²) in [4.78, 5) is 22.9. The number of non-ortho nitro benzene ring substituents is 1. The molecule has 0 bridgehead atoms. The van der Waals surface area contributed by atoms with Crippen molar-refractivity contribution in [1.29, 1.82) is 0 Å². The van der Waals surface area contributed by atoms with E-state index < -0.39 is 10.8 Å². The fraction of sp³-hybridized carbons (Fsp3) is 0.0385. The minimum absolute atomic E-state index is 0.0388. The van der Waals surface area contributed by atoms with Crippen LogP contribution < -0.4 is 0 Å². The first kappa shape index (κ1) is 21.0. The van der Waals surface area contributed by atoms with Crippen molar-refractivity contribution in [3.63, 3.8) is 0 Å². The summed E-state index contributed by atoms with van der Waals surface area (Å²) in [5.41, 5.74) is 1.75. The highest BCUT2D eigenvalue weighted by Crippen LogP contribution is 2.39. The highest BCUT2D eigenvalue weighted by Gasteiger charge is 2.18. The van der Waals surface area contributed by atoms with Crippen LogP contribution in [0.25, 0.3) is 21.7 Å². The fourth-order valence-electron chi connectivity index (χ4n) is 4.04. The number of aromatic nitrogens is 1. The maximum Gasteiger partial charge on any atom is 0.295 e. The van der Waals surface area contributed by atoms with Gasteiger partial charge in [-0.05, 0) is 28.5 Å². The zero-order valence-corrected chi connectivity index (χ0v) is 17.8. The van der Waals surface area contributed by atoms with Crippen LogP contribution in [0.5, 0.6) is 5.88 Å². The number of aromatic hydroxyl groups is 1. The molecule has 8 heteroatoms. The van der Waals surface area contributed by atoms with Crippen molar-refractivity contribution in [2.45, 2.75) is 6.54 Å². The van der Waals surface area contributed by atoms with Crippen molar-refractivity contribution in [1.82, 2.24) is 4.57 Å². The lowest BCUT2D eigenvalue weighted by Crippen LogP contribution is -1.99. The van der Waals surface area contributed by atoms with E-state index in [0.717, 1.165) is 27.9 Å². The third-order valence-corrected chi connectivity index (χ3v) is 5.67. The molecular weight excluding hydrogens is 432 g/mol. The molecule has 5 aromatic rings. The molecule has 1 amide bonds. The van der Waals surface area contributed by atoms with Crippen LogP contribution in [-0.4, -0.2) is 20.5 Å². The van der Waals surface area contributed by atoms with Gasteiger partial charge in [0, 0.05) is 17.5 Å². The Morgan fingerprint density at radius 3 is 2.44 bits per heavy atom. The summed E-state index contributed by atoms with van der Waals surface area (Å²) in [5.74, 6) is -0.862. The monoisotopic (exact) mass is 450 g/mol. The van der Waals surface area contributed by atoms with Crippen LogP contribution in [0.4, 0.5) is 11.4 Å². The lowest BCUT2D eigenvalue weighted by Gasteiger charge is -2.10. The van der Waals surface area contributed by atoms with E-state index in [4.69, 9.17) is 0 Å². The van der Waals surface area contributed by atoms with Crippen LogP contribution in [0, 0.1) is 10.1 Å². The first-order valence-electron chi connectivity index (χ1n) is 10.5. The molecule has 1 N–H and O–H groups in total. The third-order valence-electron chi connectivity index (χ3n) is 5.67. The number of carbonyl (C=O) groups is 1. The van der Waals surface area contributed by atoms with E-state index in [1.807, 2.05) is 60.7 Å². The van der Waals surface area contributed by atoms with E-state index in [2.05, 4.69) is 10.2 Å². The Balaban J connectivity index is 1.54. The highest BCUT2D eigenvalue weighted by atomic mass is 16.6. The molecule has 1 aromatic heterocycles. The minimum Gasteiger partial charge on any atom is -0.493 e. The molecule has 4 aromatic carbocycles. The number of hydrogen-bond acceptors (Lipinski definition) is 5. The second kappa shape index (κ2) is 8.59. The number of nitro benzene ring substituents is 1. The largest absolute Gasteiger partial charge is 0.493 e. The standard InChI is InChI=1S/C26H18N4O4/c31-25(18-9-6-11-20(15-18)30(33)34)28-27-24-22-13-3-4-14-23(22)29(26(24)32)16-19-10-5-8-17-7-1-2-12-21(17)19/h1-15,32H,16H2. The van der Waals surface area contributed by atoms with Crippen molar-refractivity contribution in [3.05, 3.63) is 112 Å². The van der Waals surface area contributed by atoms with Crippen LogP contribution in [0.2, 0.25) is 0 Å². The van der Waals surface area contributed by atoms with Crippen LogP contribution in [0.1, 0.15) is 15.9 Å². The number of para-hydroxylation sites is 1. The van der Waals surface area contributed by atoms with Gasteiger partial charge in [-0.1, -0.05) is 66.7 Å². The lowest BCUT2D eigenvalue weighted by atomic mass is 10.0. The molecule has 0 aliphatic carbocycles. The Bertz CT molecular complexity index is 1600. The zero-order valence-electron chi connectivity index (χ0n) is 17.8. The second-order valence-corrected chi connectivity index (χ2v) is 7.73. The number of nitrogens with zero attached hydrogens (tertiary/aromatic N) is 4. The molecule has 0 aliphatic rings. The fourth-order valence-corrected chi connectivity index (χ4v) is 4.04. The van der Waals surface area contributed by atoms with Gasteiger partial charge in [0.15, 0.2) is 5.69 Å². The number of rotatable bonds is 5. The van der Waals surface area contributed by atoms with E-state index in [9.17, 15) is 20.0 Å². The minimum atomic E-state index is -0.742. The second-order valence-electron chi connectivity index (χ2n) is 7.73. The summed E-state index contributed by atoms with van der Waals surface area (Å²) < 4.78 is 1.73. The summed E-state index contributed by atoms with van der Waals surface area (Å²) in [6, 6.07) is 26.6. The van der Waals surface area contributed by atoms with E-state index >= 15 is 0 Å². The topological polar surface area (TPSA) is 110 Å². The van der Waals surface area contributed by atoms with Crippen LogP contribution in [0.3, 0.4) is 0 Å². The first-order chi connectivity index (χ1) is 16.5. The van der Waals surface area contributed by atoms with Gasteiger partial charge in [-0.15, -0.1) is 10.2 Å². The van der Waals surface area contributed by atoms with Crippen molar-refractivity contribution in [2.24, 2.45) is 10.2 Å². The number of benzene rings is 4. The maximum atomic E-state index is 12.5.